The first-order chi connectivity index (χ1) is 12.2. The van der Waals surface area contributed by atoms with Gasteiger partial charge in [-0.25, -0.2) is 0 Å². The van der Waals surface area contributed by atoms with Crippen LogP contribution in [0.4, 0.5) is 5.69 Å². The summed E-state index contributed by atoms with van der Waals surface area (Å²) in [6.07, 6.45) is 2.70. The number of amides is 2. The molecule has 0 bridgehead atoms. The molecule has 0 saturated carbocycles. The van der Waals surface area contributed by atoms with Gasteiger partial charge in [-0.15, -0.1) is 0 Å². The maximum atomic E-state index is 13.1. The lowest BCUT2D eigenvalue weighted by Crippen LogP contribution is -2.47. The van der Waals surface area contributed by atoms with Crippen molar-refractivity contribution in [1.29, 1.82) is 0 Å². The molecule has 6 heteroatoms. The van der Waals surface area contributed by atoms with Crippen LogP contribution in [0.5, 0.6) is 0 Å². The van der Waals surface area contributed by atoms with Gasteiger partial charge in [0.05, 0.1) is 11.3 Å². The highest BCUT2D eigenvalue weighted by atomic mass is 16.4. The number of hydrogen-bond acceptors (Lipinski definition) is 3. The van der Waals surface area contributed by atoms with Crippen molar-refractivity contribution in [2.75, 3.05) is 11.4 Å². The summed E-state index contributed by atoms with van der Waals surface area (Å²) >= 11 is 0. The third-order valence-corrected chi connectivity index (χ3v) is 4.40. The minimum absolute atomic E-state index is 0.0999. The maximum Gasteiger partial charge on any atom is 0.303 e. The molecular formula is C20H28N2O4. The van der Waals surface area contributed by atoms with E-state index in [0.717, 1.165) is 6.42 Å². The lowest BCUT2D eigenvalue weighted by molar-refractivity contribution is -0.137. The second-order valence-electron chi connectivity index (χ2n) is 8.00. The first-order valence-electron chi connectivity index (χ1n) is 9.12. The summed E-state index contributed by atoms with van der Waals surface area (Å²) in [5, 5.41) is 11.6. The monoisotopic (exact) mass is 360 g/mol. The van der Waals surface area contributed by atoms with Gasteiger partial charge >= 0.3 is 5.97 Å². The van der Waals surface area contributed by atoms with Crippen LogP contribution in [-0.2, 0) is 9.59 Å². The Morgan fingerprint density at radius 2 is 1.85 bits per heavy atom. The van der Waals surface area contributed by atoms with Crippen LogP contribution in [0.2, 0.25) is 0 Å². The number of carboxylic acids is 1. The highest BCUT2D eigenvalue weighted by Gasteiger charge is 2.35. The first kappa shape index (κ1) is 19.9. The molecule has 1 unspecified atom stereocenters. The number of carboxylic acid groups (broad SMARTS) is 1. The number of fused-ring (bicyclic) bond motifs is 1. The van der Waals surface area contributed by atoms with Crippen LogP contribution in [0.25, 0.3) is 0 Å². The molecule has 6 nitrogen and oxygen atoms in total. The van der Waals surface area contributed by atoms with Gasteiger partial charge in [0.2, 0.25) is 5.91 Å². The van der Waals surface area contributed by atoms with E-state index in [0.29, 0.717) is 37.1 Å². The van der Waals surface area contributed by atoms with Gasteiger partial charge in [0, 0.05) is 13.0 Å². The first-order valence-corrected chi connectivity index (χ1v) is 9.12. The molecule has 1 heterocycles. The van der Waals surface area contributed by atoms with Crippen LogP contribution in [0.1, 0.15) is 63.2 Å². The number of hydrogen-bond donors (Lipinski definition) is 2. The Morgan fingerprint density at radius 1 is 1.15 bits per heavy atom. The number of rotatable bonds is 7. The normalized spacial score (nSPS) is 17.5. The largest absolute Gasteiger partial charge is 0.481 e. The summed E-state index contributed by atoms with van der Waals surface area (Å²) in [4.78, 5) is 38.0. The smallest absolute Gasteiger partial charge is 0.303 e. The van der Waals surface area contributed by atoms with E-state index in [1.165, 1.54) is 0 Å². The third-order valence-electron chi connectivity index (χ3n) is 4.40. The Labute approximate surface area is 154 Å². The molecule has 0 spiro atoms. The summed E-state index contributed by atoms with van der Waals surface area (Å²) in [5.41, 5.74) is 1.03. The molecule has 0 radical (unpaired) electrons. The second-order valence-corrected chi connectivity index (χ2v) is 8.00. The van der Waals surface area contributed by atoms with E-state index in [1.54, 1.807) is 23.1 Å². The van der Waals surface area contributed by atoms with Gasteiger partial charge in [-0.3, -0.25) is 14.4 Å². The number of carbonyl (C=O) groups excluding carboxylic acids is 2. The Kier molecular flexibility index (Phi) is 6.40. The van der Waals surface area contributed by atoms with Gasteiger partial charge in [-0.05, 0) is 36.8 Å². The SMILES string of the molecule is CC(C)(C)CC1NC(=O)c2ccccc2N(CCCCCC(=O)O)C1=O. The summed E-state index contributed by atoms with van der Waals surface area (Å²) in [5.74, 6) is -1.13. The van der Waals surface area contributed by atoms with Gasteiger partial charge in [0.15, 0.2) is 0 Å². The molecule has 0 aromatic heterocycles. The number of benzene rings is 1. The van der Waals surface area contributed by atoms with E-state index in [9.17, 15) is 14.4 Å². The Morgan fingerprint density at radius 3 is 2.50 bits per heavy atom. The molecule has 0 fully saturated rings. The number of para-hydroxylation sites is 1. The molecule has 2 N–H and O–H groups in total. The van der Waals surface area contributed by atoms with Crippen molar-refractivity contribution in [3.63, 3.8) is 0 Å². The van der Waals surface area contributed by atoms with Crippen molar-refractivity contribution in [3.05, 3.63) is 29.8 Å². The van der Waals surface area contributed by atoms with Crippen LogP contribution >= 0.6 is 0 Å². The van der Waals surface area contributed by atoms with Crippen LogP contribution in [0.3, 0.4) is 0 Å². The molecule has 1 aromatic rings. The van der Waals surface area contributed by atoms with Crippen LogP contribution < -0.4 is 10.2 Å². The van der Waals surface area contributed by atoms with E-state index >= 15 is 0 Å². The van der Waals surface area contributed by atoms with Gasteiger partial charge in [0.1, 0.15) is 6.04 Å². The zero-order valence-corrected chi connectivity index (χ0v) is 15.7. The topological polar surface area (TPSA) is 86.7 Å². The Balaban J connectivity index is 2.19. The van der Waals surface area contributed by atoms with Crippen molar-refractivity contribution >= 4 is 23.5 Å². The summed E-state index contributed by atoms with van der Waals surface area (Å²) in [7, 11) is 0. The van der Waals surface area contributed by atoms with Gasteiger partial charge in [0.25, 0.3) is 5.91 Å². The Hall–Kier alpha value is -2.37. The second kappa shape index (κ2) is 8.34. The minimum Gasteiger partial charge on any atom is -0.481 e. The molecule has 142 valence electrons. The van der Waals surface area contributed by atoms with Crippen molar-refractivity contribution in [2.24, 2.45) is 5.41 Å². The molecule has 2 amide bonds. The number of aliphatic carboxylic acids is 1. The Bertz CT molecular complexity index is 679. The number of carbonyl (C=O) groups is 3. The lowest BCUT2D eigenvalue weighted by Gasteiger charge is -2.29. The fraction of sp³-hybridized carbons (Fsp3) is 0.550. The number of nitrogens with zero attached hydrogens (tertiary/aromatic N) is 1. The van der Waals surface area contributed by atoms with E-state index < -0.39 is 12.0 Å². The van der Waals surface area contributed by atoms with Crippen LogP contribution in [-0.4, -0.2) is 35.5 Å². The van der Waals surface area contributed by atoms with Gasteiger partial charge < -0.3 is 15.3 Å². The molecule has 1 aliphatic rings. The molecule has 2 rings (SSSR count). The molecule has 0 saturated heterocycles. The quantitative estimate of drug-likeness (QED) is 0.731. The number of unbranched alkanes of at least 4 members (excludes halogenated alkanes) is 2. The standard InChI is InChI=1S/C20H28N2O4/c1-20(2,3)13-15-19(26)22(12-8-4-5-11-17(23)24)16-10-7-6-9-14(16)18(25)21-15/h6-7,9-10,15H,4-5,8,11-13H2,1-3H3,(H,21,25)(H,23,24). The fourth-order valence-corrected chi connectivity index (χ4v) is 3.21. The zero-order chi connectivity index (χ0) is 19.3. The fourth-order valence-electron chi connectivity index (χ4n) is 3.21. The van der Waals surface area contributed by atoms with Crippen molar-refractivity contribution < 1.29 is 19.5 Å². The zero-order valence-electron chi connectivity index (χ0n) is 15.7. The van der Waals surface area contributed by atoms with E-state index in [-0.39, 0.29) is 23.7 Å². The van der Waals surface area contributed by atoms with E-state index in [1.807, 2.05) is 26.8 Å². The average Bonchev–Trinajstić information content (AvgIpc) is 2.63. The lowest BCUT2D eigenvalue weighted by atomic mass is 9.87. The van der Waals surface area contributed by atoms with Crippen molar-refractivity contribution in [3.8, 4) is 0 Å². The predicted octanol–water partition coefficient (Wildman–Crippen LogP) is 3.21. The highest BCUT2D eigenvalue weighted by molar-refractivity contribution is 6.10. The summed E-state index contributed by atoms with van der Waals surface area (Å²) < 4.78 is 0. The highest BCUT2D eigenvalue weighted by Crippen LogP contribution is 2.29. The number of nitrogens with one attached hydrogen (secondary N) is 1. The molecule has 1 aromatic carbocycles. The van der Waals surface area contributed by atoms with E-state index in [4.69, 9.17) is 5.11 Å². The minimum atomic E-state index is -0.804. The number of anilines is 1. The molecule has 1 atom stereocenters. The van der Waals surface area contributed by atoms with Crippen molar-refractivity contribution in [2.45, 2.75) is 58.9 Å². The van der Waals surface area contributed by atoms with Gasteiger partial charge in [-0.2, -0.15) is 0 Å². The predicted molar refractivity (Wildman–Crippen MR) is 100 cm³/mol. The maximum absolute atomic E-state index is 13.1. The van der Waals surface area contributed by atoms with Crippen molar-refractivity contribution in [1.82, 2.24) is 5.32 Å². The third kappa shape index (κ3) is 5.31. The molecular weight excluding hydrogens is 332 g/mol. The molecule has 1 aliphatic heterocycles. The van der Waals surface area contributed by atoms with E-state index in [2.05, 4.69) is 5.32 Å². The molecule has 26 heavy (non-hydrogen) atoms. The average molecular weight is 360 g/mol. The summed E-state index contributed by atoms with van der Waals surface area (Å²) in [6.45, 7) is 6.60. The van der Waals surface area contributed by atoms with Crippen LogP contribution in [0, 0.1) is 5.41 Å². The summed E-state index contributed by atoms with van der Waals surface area (Å²) in [6, 6.07) is 6.58. The molecule has 0 aliphatic carbocycles. The van der Waals surface area contributed by atoms with Crippen LogP contribution in [0.15, 0.2) is 24.3 Å². The van der Waals surface area contributed by atoms with Gasteiger partial charge in [-0.1, -0.05) is 39.3 Å².